The molecule has 0 spiro atoms. The van der Waals surface area contributed by atoms with Crippen LogP contribution in [0.15, 0.2) is 47.4 Å². The molecule has 0 amide bonds. The Kier molecular flexibility index (Phi) is 6.07. The first-order valence-electron chi connectivity index (χ1n) is 8.96. The number of nitriles is 1. The van der Waals surface area contributed by atoms with E-state index >= 15 is 0 Å². The Bertz CT molecular complexity index is 963. The number of hydrogen-bond donors (Lipinski definition) is 1. The number of rotatable bonds is 6. The maximum absolute atomic E-state index is 13.0. The molecule has 0 saturated carbocycles. The van der Waals surface area contributed by atoms with Crippen molar-refractivity contribution < 1.29 is 17.9 Å². The fourth-order valence-electron chi connectivity index (χ4n) is 3.28. The fourth-order valence-corrected chi connectivity index (χ4v) is 4.85. The quantitative estimate of drug-likeness (QED) is 0.800. The predicted octanol–water partition coefficient (Wildman–Crippen LogP) is 2.84. The highest BCUT2D eigenvalue weighted by Crippen LogP contribution is 2.28. The average molecular weight is 401 g/mol. The van der Waals surface area contributed by atoms with Gasteiger partial charge in [-0.3, -0.25) is 0 Å². The van der Waals surface area contributed by atoms with Gasteiger partial charge in [0.05, 0.1) is 30.7 Å². The number of anilines is 1. The van der Waals surface area contributed by atoms with Gasteiger partial charge in [0, 0.05) is 43.0 Å². The van der Waals surface area contributed by atoms with E-state index in [4.69, 9.17) is 14.7 Å². The van der Waals surface area contributed by atoms with E-state index in [1.54, 1.807) is 32.4 Å². The predicted molar refractivity (Wildman–Crippen MR) is 106 cm³/mol. The van der Waals surface area contributed by atoms with Gasteiger partial charge in [0.15, 0.2) is 0 Å². The van der Waals surface area contributed by atoms with Gasteiger partial charge in [0.1, 0.15) is 11.5 Å². The number of hydrogen-bond acceptors (Lipinski definition) is 6. The zero-order valence-electron chi connectivity index (χ0n) is 15.9. The summed E-state index contributed by atoms with van der Waals surface area (Å²) >= 11 is 0. The first-order valence-corrected chi connectivity index (χ1v) is 10.4. The second kappa shape index (κ2) is 8.50. The van der Waals surface area contributed by atoms with Crippen LogP contribution >= 0.6 is 0 Å². The molecule has 1 aliphatic rings. The van der Waals surface area contributed by atoms with E-state index in [2.05, 4.69) is 5.32 Å². The van der Waals surface area contributed by atoms with E-state index in [1.165, 1.54) is 16.4 Å². The molecular formula is C20H23N3O4S. The van der Waals surface area contributed by atoms with Crippen molar-refractivity contribution in [1.82, 2.24) is 4.31 Å². The second-order valence-corrected chi connectivity index (χ2v) is 8.53. The summed E-state index contributed by atoms with van der Waals surface area (Å²) in [5.74, 6) is 1.32. The molecule has 2 aromatic carbocycles. The third kappa shape index (κ3) is 4.38. The lowest BCUT2D eigenvalue weighted by Gasteiger charge is -2.33. The molecule has 1 heterocycles. The smallest absolute Gasteiger partial charge is 0.243 e. The van der Waals surface area contributed by atoms with Crippen LogP contribution in [0.5, 0.6) is 11.5 Å². The largest absolute Gasteiger partial charge is 0.497 e. The maximum Gasteiger partial charge on any atom is 0.243 e. The molecular weight excluding hydrogens is 378 g/mol. The van der Waals surface area contributed by atoms with E-state index < -0.39 is 10.0 Å². The summed E-state index contributed by atoms with van der Waals surface area (Å²) in [5.41, 5.74) is 1.14. The van der Waals surface area contributed by atoms with Gasteiger partial charge in [0.2, 0.25) is 10.0 Å². The Morgan fingerprint density at radius 3 is 2.50 bits per heavy atom. The normalized spacial score (nSPS) is 17.5. The molecule has 0 radical (unpaired) electrons. The number of piperidine rings is 1. The Hall–Kier alpha value is -2.76. The van der Waals surface area contributed by atoms with Crippen molar-refractivity contribution in [2.75, 3.05) is 32.6 Å². The molecule has 2 aromatic rings. The molecule has 3 rings (SSSR count). The molecule has 8 heteroatoms. The van der Waals surface area contributed by atoms with Crippen LogP contribution < -0.4 is 14.8 Å². The second-order valence-electron chi connectivity index (χ2n) is 6.59. The zero-order valence-corrected chi connectivity index (χ0v) is 16.7. The summed E-state index contributed by atoms with van der Waals surface area (Å²) < 4.78 is 38.1. The van der Waals surface area contributed by atoms with Gasteiger partial charge in [-0.25, -0.2) is 8.42 Å². The van der Waals surface area contributed by atoms with Crippen LogP contribution in [0.4, 0.5) is 5.69 Å². The van der Waals surface area contributed by atoms with Gasteiger partial charge in [-0.1, -0.05) is 6.07 Å². The van der Waals surface area contributed by atoms with Crippen LogP contribution in [0.1, 0.15) is 18.4 Å². The molecule has 0 bridgehead atoms. The van der Waals surface area contributed by atoms with Gasteiger partial charge in [-0.05, 0) is 31.0 Å². The number of nitrogens with one attached hydrogen (secondary N) is 1. The minimum Gasteiger partial charge on any atom is -0.497 e. The van der Waals surface area contributed by atoms with E-state index in [0.717, 1.165) is 18.5 Å². The van der Waals surface area contributed by atoms with Gasteiger partial charge in [-0.2, -0.15) is 9.57 Å². The first-order chi connectivity index (χ1) is 13.5. The van der Waals surface area contributed by atoms with Crippen molar-refractivity contribution in [2.24, 2.45) is 0 Å². The standard InChI is InChI=1S/C20H23N3O4S/c1-26-18-10-17(11-19(12-18)27-2)22-16-6-4-8-23(14-16)28(24,25)20-7-3-5-15(9-20)13-21/h3,5,7,9-12,16,22H,4,6,8,14H2,1-2H3/t16-/m0/s1. The zero-order chi connectivity index (χ0) is 20.1. The van der Waals surface area contributed by atoms with E-state index in [0.29, 0.717) is 30.2 Å². The summed E-state index contributed by atoms with van der Waals surface area (Å²) in [7, 11) is -0.480. The lowest BCUT2D eigenvalue weighted by atomic mass is 10.1. The van der Waals surface area contributed by atoms with Crippen LogP contribution in [0.3, 0.4) is 0 Å². The van der Waals surface area contributed by atoms with Crippen molar-refractivity contribution in [3.8, 4) is 17.6 Å². The molecule has 28 heavy (non-hydrogen) atoms. The highest BCUT2D eigenvalue weighted by molar-refractivity contribution is 7.89. The number of nitrogens with zero attached hydrogens (tertiary/aromatic N) is 2. The van der Waals surface area contributed by atoms with E-state index in [-0.39, 0.29) is 10.9 Å². The summed E-state index contributed by atoms with van der Waals surface area (Å²) in [6.45, 7) is 0.803. The monoisotopic (exact) mass is 401 g/mol. The maximum atomic E-state index is 13.0. The Morgan fingerprint density at radius 1 is 1.14 bits per heavy atom. The molecule has 1 saturated heterocycles. The van der Waals surface area contributed by atoms with Gasteiger partial charge in [-0.15, -0.1) is 0 Å². The summed E-state index contributed by atoms with van der Waals surface area (Å²) in [5, 5.41) is 12.4. The third-order valence-electron chi connectivity index (χ3n) is 4.71. The number of sulfonamides is 1. The SMILES string of the molecule is COc1cc(N[C@H]2CCCN(S(=O)(=O)c3cccc(C#N)c3)C2)cc(OC)c1. The van der Waals surface area contributed by atoms with Crippen LogP contribution in [0, 0.1) is 11.3 Å². The number of methoxy groups -OCH3 is 2. The molecule has 0 unspecified atom stereocenters. The lowest BCUT2D eigenvalue weighted by molar-refractivity contribution is 0.327. The van der Waals surface area contributed by atoms with Crippen LogP contribution in [-0.4, -0.2) is 46.1 Å². The van der Waals surface area contributed by atoms with Crippen molar-refractivity contribution in [3.63, 3.8) is 0 Å². The number of ether oxygens (including phenoxy) is 2. The Balaban J connectivity index is 1.78. The van der Waals surface area contributed by atoms with Crippen LogP contribution in [-0.2, 0) is 10.0 Å². The Labute approximate surface area is 165 Å². The van der Waals surface area contributed by atoms with E-state index in [9.17, 15) is 8.42 Å². The van der Waals surface area contributed by atoms with Gasteiger partial charge < -0.3 is 14.8 Å². The molecule has 1 fully saturated rings. The van der Waals surface area contributed by atoms with Crippen molar-refractivity contribution in [3.05, 3.63) is 48.0 Å². The van der Waals surface area contributed by atoms with Crippen molar-refractivity contribution in [1.29, 1.82) is 5.26 Å². The summed E-state index contributed by atoms with van der Waals surface area (Å²) in [4.78, 5) is 0.148. The first kappa shape index (κ1) is 20.0. The lowest BCUT2D eigenvalue weighted by Crippen LogP contribution is -2.45. The van der Waals surface area contributed by atoms with Crippen molar-refractivity contribution >= 4 is 15.7 Å². The van der Waals surface area contributed by atoms with Crippen LogP contribution in [0.25, 0.3) is 0 Å². The topological polar surface area (TPSA) is 91.7 Å². The molecule has 148 valence electrons. The minimum absolute atomic E-state index is 0.0421. The fraction of sp³-hybridized carbons (Fsp3) is 0.350. The molecule has 1 N–H and O–H groups in total. The molecule has 1 atom stereocenters. The third-order valence-corrected chi connectivity index (χ3v) is 6.57. The molecule has 0 aromatic heterocycles. The van der Waals surface area contributed by atoms with E-state index in [1.807, 2.05) is 18.2 Å². The van der Waals surface area contributed by atoms with Gasteiger partial charge in [0.25, 0.3) is 0 Å². The molecule has 7 nitrogen and oxygen atoms in total. The highest BCUT2D eigenvalue weighted by Gasteiger charge is 2.30. The van der Waals surface area contributed by atoms with Crippen molar-refractivity contribution in [2.45, 2.75) is 23.8 Å². The molecule has 1 aliphatic heterocycles. The Morgan fingerprint density at radius 2 is 1.86 bits per heavy atom. The number of benzene rings is 2. The molecule has 0 aliphatic carbocycles. The highest BCUT2D eigenvalue weighted by atomic mass is 32.2. The average Bonchev–Trinajstić information content (AvgIpc) is 2.73. The summed E-state index contributed by atoms with van der Waals surface area (Å²) in [6, 6.07) is 13.6. The van der Waals surface area contributed by atoms with Crippen LogP contribution in [0.2, 0.25) is 0 Å². The minimum atomic E-state index is -3.65. The van der Waals surface area contributed by atoms with Gasteiger partial charge >= 0.3 is 0 Å². The summed E-state index contributed by atoms with van der Waals surface area (Å²) in [6.07, 6.45) is 1.60.